The molecule has 4 nitrogen and oxygen atoms in total. The van der Waals surface area contributed by atoms with Crippen molar-refractivity contribution < 1.29 is 14.6 Å². The van der Waals surface area contributed by atoms with Gasteiger partial charge in [-0.3, -0.25) is 0 Å². The van der Waals surface area contributed by atoms with Gasteiger partial charge in [0.2, 0.25) is 0 Å². The standard InChI is InChI=1S/C11H15NO3/c1-14-9-4-3-8(5-10(9)15-2)11(13)6-12-7-11/h3-5,12-13H,6-7H2,1-2H3. The second-order valence-corrected chi connectivity index (χ2v) is 3.70. The zero-order valence-electron chi connectivity index (χ0n) is 8.91. The second kappa shape index (κ2) is 3.72. The maximum atomic E-state index is 10.1. The fourth-order valence-electron chi connectivity index (χ4n) is 1.69. The molecule has 0 amide bonds. The van der Waals surface area contributed by atoms with Crippen LogP contribution in [0.25, 0.3) is 0 Å². The minimum Gasteiger partial charge on any atom is -0.493 e. The topological polar surface area (TPSA) is 50.7 Å². The van der Waals surface area contributed by atoms with E-state index in [1.807, 2.05) is 18.2 Å². The smallest absolute Gasteiger partial charge is 0.161 e. The van der Waals surface area contributed by atoms with Crippen molar-refractivity contribution in [3.8, 4) is 11.5 Å². The number of methoxy groups -OCH3 is 2. The first-order valence-electron chi connectivity index (χ1n) is 4.85. The van der Waals surface area contributed by atoms with Crippen LogP contribution in [0.1, 0.15) is 5.56 Å². The average Bonchev–Trinajstić information content (AvgIpc) is 2.25. The molecule has 0 spiro atoms. The van der Waals surface area contributed by atoms with Crippen LogP contribution in [0.15, 0.2) is 18.2 Å². The Labute approximate surface area is 88.8 Å². The third-order valence-electron chi connectivity index (χ3n) is 2.76. The summed E-state index contributed by atoms with van der Waals surface area (Å²) < 4.78 is 10.3. The molecule has 0 bridgehead atoms. The summed E-state index contributed by atoms with van der Waals surface area (Å²) in [6, 6.07) is 5.49. The molecular weight excluding hydrogens is 194 g/mol. The summed E-state index contributed by atoms with van der Waals surface area (Å²) in [6.45, 7) is 1.17. The van der Waals surface area contributed by atoms with E-state index in [1.54, 1.807) is 14.2 Å². The molecule has 0 aromatic heterocycles. The molecule has 4 heteroatoms. The minimum atomic E-state index is -0.750. The summed E-state index contributed by atoms with van der Waals surface area (Å²) in [5.41, 5.74) is 0.110. The maximum Gasteiger partial charge on any atom is 0.161 e. The summed E-state index contributed by atoms with van der Waals surface area (Å²) in [6.07, 6.45) is 0. The number of rotatable bonds is 3. The number of benzene rings is 1. The lowest BCUT2D eigenvalue weighted by molar-refractivity contribution is -0.0148. The molecular formula is C11H15NO3. The summed E-state index contributed by atoms with van der Waals surface area (Å²) in [4.78, 5) is 0. The van der Waals surface area contributed by atoms with E-state index in [2.05, 4.69) is 5.32 Å². The Morgan fingerprint density at radius 3 is 2.33 bits per heavy atom. The molecule has 82 valence electrons. The van der Waals surface area contributed by atoms with Crippen LogP contribution in [0.3, 0.4) is 0 Å². The van der Waals surface area contributed by atoms with Gasteiger partial charge in [-0.05, 0) is 17.7 Å². The van der Waals surface area contributed by atoms with Gasteiger partial charge in [0.15, 0.2) is 11.5 Å². The van der Waals surface area contributed by atoms with E-state index in [4.69, 9.17) is 9.47 Å². The van der Waals surface area contributed by atoms with E-state index < -0.39 is 5.60 Å². The lowest BCUT2D eigenvalue weighted by atomic mass is 9.88. The third-order valence-corrected chi connectivity index (χ3v) is 2.76. The van der Waals surface area contributed by atoms with Crippen LogP contribution in [0, 0.1) is 0 Å². The Balaban J connectivity index is 2.34. The third kappa shape index (κ3) is 1.66. The zero-order valence-corrected chi connectivity index (χ0v) is 8.91. The van der Waals surface area contributed by atoms with Gasteiger partial charge >= 0.3 is 0 Å². The summed E-state index contributed by atoms with van der Waals surface area (Å²) in [7, 11) is 3.18. The van der Waals surface area contributed by atoms with Crippen molar-refractivity contribution in [2.75, 3.05) is 27.3 Å². The minimum absolute atomic E-state index is 0.586. The second-order valence-electron chi connectivity index (χ2n) is 3.70. The number of ether oxygens (including phenoxy) is 2. The predicted molar refractivity (Wildman–Crippen MR) is 56.3 cm³/mol. The van der Waals surface area contributed by atoms with E-state index >= 15 is 0 Å². The van der Waals surface area contributed by atoms with Crippen LogP contribution in [0.5, 0.6) is 11.5 Å². The summed E-state index contributed by atoms with van der Waals surface area (Å²) in [5.74, 6) is 1.33. The Morgan fingerprint density at radius 2 is 1.87 bits per heavy atom. The SMILES string of the molecule is COc1ccc(C2(O)CNC2)cc1OC. The fraction of sp³-hybridized carbons (Fsp3) is 0.455. The van der Waals surface area contributed by atoms with Crippen LogP contribution in [-0.2, 0) is 5.60 Å². The van der Waals surface area contributed by atoms with Crippen molar-refractivity contribution in [1.29, 1.82) is 0 Å². The molecule has 1 aliphatic rings. The van der Waals surface area contributed by atoms with Gasteiger partial charge < -0.3 is 19.9 Å². The number of β-amino-alcohol motifs (C(OH)–C–C–N with tert-alkyl or cyclic N) is 1. The van der Waals surface area contributed by atoms with Crippen LogP contribution >= 0.6 is 0 Å². The Morgan fingerprint density at radius 1 is 1.20 bits per heavy atom. The van der Waals surface area contributed by atoms with Crippen molar-refractivity contribution in [3.63, 3.8) is 0 Å². The van der Waals surface area contributed by atoms with Gasteiger partial charge in [0.1, 0.15) is 5.60 Å². The molecule has 2 rings (SSSR count). The summed E-state index contributed by atoms with van der Waals surface area (Å²) >= 11 is 0. The number of hydrogen-bond donors (Lipinski definition) is 2. The number of nitrogens with one attached hydrogen (secondary N) is 1. The van der Waals surface area contributed by atoms with Crippen LogP contribution in [-0.4, -0.2) is 32.4 Å². The quantitative estimate of drug-likeness (QED) is 0.761. The van der Waals surface area contributed by atoms with Gasteiger partial charge in [0.05, 0.1) is 14.2 Å². The molecule has 0 aliphatic carbocycles. The lowest BCUT2D eigenvalue weighted by Gasteiger charge is -2.38. The van der Waals surface area contributed by atoms with Crippen molar-refractivity contribution in [2.24, 2.45) is 0 Å². The van der Waals surface area contributed by atoms with Crippen molar-refractivity contribution in [3.05, 3.63) is 23.8 Å². The molecule has 1 saturated heterocycles. The average molecular weight is 209 g/mol. The highest BCUT2D eigenvalue weighted by atomic mass is 16.5. The van der Waals surface area contributed by atoms with E-state index in [-0.39, 0.29) is 0 Å². The van der Waals surface area contributed by atoms with E-state index in [1.165, 1.54) is 0 Å². The normalized spacial score (nSPS) is 18.1. The van der Waals surface area contributed by atoms with Gasteiger partial charge in [-0.15, -0.1) is 0 Å². The Bertz CT molecular complexity index is 361. The van der Waals surface area contributed by atoms with Crippen molar-refractivity contribution in [1.82, 2.24) is 5.32 Å². The molecule has 0 radical (unpaired) electrons. The van der Waals surface area contributed by atoms with Crippen LogP contribution in [0.2, 0.25) is 0 Å². The highest BCUT2D eigenvalue weighted by Gasteiger charge is 2.36. The van der Waals surface area contributed by atoms with E-state index in [9.17, 15) is 5.11 Å². The lowest BCUT2D eigenvalue weighted by Crippen LogP contribution is -2.56. The van der Waals surface area contributed by atoms with Gasteiger partial charge in [-0.25, -0.2) is 0 Å². The molecule has 0 unspecified atom stereocenters. The van der Waals surface area contributed by atoms with E-state index in [0.717, 1.165) is 5.56 Å². The van der Waals surface area contributed by atoms with Gasteiger partial charge in [0, 0.05) is 13.1 Å². The molecule has 1 aliphatic heterocycles. The van der Waals surface area contributed by atoms with Gasteiger partial charge in [-0.2, -0.15) is 0 Å². The summed E-state index contributed by atoms with van der Waals surface area (Å²) in [5, 5.41) is 13.2. The molecule has 1 fully saturated rings. The first kappa shape index (κ1) is 10.3. The Kier molecular flexibility index (Phi) is 2.54. The zero-order chi connectivity index (χ0) is 10.9. The molecule has 1 heterocycles. The van der Waals surface area contributed by atoms with Crippen LogP contribution in [0.4, 0.5) is 0 Å². The highest BCUT2D eigenvalue weighted by Crippen LogP contribution is 2.33. The highest BCUT2D eigenvalue weighted by molar-refractivity contribution is 5.45. The fourth-order valence-corrected chi connectivity index (χ4v) is 1.69. The van der Waals surface area contributed by atoms with Crippen molar-refractivity contribution >= 4 is 0 Å². The molecule has 1 aromatic rings. The molecule has 2 N–H and O–H groups in total. The van der Waals surface area contributed by atoms with Gasteiger partial charge in [0.25, 0.3) is 0 Å². The van der Waals surface area contributed by atoms with E-state index in [0.29, 0.717) is 24.6 Å². The first-order valence-corrected chi connectivity index (χ1v) is 4.85. The molecule has 15 heavy (non-hydrogen) atoms. The number of hydrogen-bond acceptors (Lipinski definition) is 4. The molecule has 0 saturated carbocycles. The maximum absolute atomic E-state index is 10.1. The van der Waals surface area contributed by atoms with Crippen LogP contribution < -0.4 is 14.8 Å². The van der Waals surface area contributed by atoms with Crippen molar-refractivity contribution in [2.45, 2.75) is 5.60 Å². The largest absolute Gasteiger partial charge is 0.493 e. The first-order chi connectivity index (χ1) is 7.19. The monoisotopic (exact) mass is 209 g/mol. The Hall–Kier alpha value is -1.26. The predicted octanol–water partition coefficient (Wildman–Crippen LogP) is 0.495. The van der Waals surface area contributed by atoms with Gasteiger partial charge in [-0.1, -0.05) is 6.07 Å². The number of aliphatic hydroxyl groups is 1. The molecule has 0 atom stereocenters. The molecule has 1 aromatic carbocycles.